The van der Waals surface area contributed by atoms with Crippen molar-refractivity contribution in [2.45, 2.75) is 15.1 Å². The molecule has 0 aliphatic carbocycles. The standard InChI is InChI=1S/C10H6N4O4S2.C7H9N3O2S2.C2H7NS.2ClH/c15-13(16)7-1-3-9(11-5-7)19-20-10-4-2-8(6-12-10)14(17)18;8-3-4-13-14-7-2-1-6(5-9-7)10(11)12;3-1-2-4;;/h1-6H;1-2,5H,3-4,8H2;4H,1-3H2;2*1H. The molecule has 0 amide bonds. The molecule has 3 rings (SSSR count). The van der Waals surface area contributed by atoms with Gasteiger partial charge in [-0.1, -0.05) is 10.8 Å². The highest BCUT2D eigenvalue weighted by Gasteiger charge is 2.09. The van der Waals surface area contributed by atoms with Crippen LogP contribution in [0.1, 0.15) is 0 Å². The third kappa shape index (κ3) is 16.9. The summed E-state index contributed by atoms with van der Waals surface area (Å²) in [7, 11) is 5.57. The molecule has 14 nitrogen and oxygen atoms in total. The van der Waals surface area contributed by atoms with Gasteiger partial charge < -0.3 is 11.5 Å². The molecule has 0 saturated carbocycles. The molecule has 220 valence electrons. The van der Waals surface area contributed by atoms with E-state index < -0.39 is 14.8 Å². The van der Waals surface area contributed by atoms with Crippen molar-refractivity contribution in [3.8, 4) is 0 Å². The van der Waals surface area contributed by atoms with Gasteiger partial charge in [-0.05, 0) is 50.6 Å². The molecule has 0 fully saturated rings. The molecular weight excluding hydrogens is 668 g/mol. The number of rotatable bonds is 11. The summed E-state index contributed by atoms with van der Waals surface area (Å²) in [6.45, 7) is 1.30. The molecule has 3 heterocycles. The average molecular weight is 692 g/mol. The second-order valence-corrected chi connectivity index (χ2v) is 11.3. The highest BCUT2D eigenvalue weighted by atomic mass is 35.5. The molecule has 0 aliphatic rings. The molecule has 0 radical (unpaired) electrons. The maximum atomic E-state index is 10.5. The minimum Gasteiger partial charge on any atom is -0.330 e. The van der Waals surface area contributed by atoms with Crippen LogP contribution < -0.4 is 11.5 Å². The maximum Gasteiger partial charge on any atom is 0.287 e. The molecule has 0 aromatic carbocycles. The van der Waals surface area contributed by atoms with Crippen LogP contribution in [0.15, 0.2) is 70.1 Å². The van der Waals surface area contributed by atoms with Crippen molar-refractivity contribution < 1.29 is 14.8 Å². The minimum absolute atomic E-state index is 0. The molecule has 0 spiro atoms. The SMILES string of the molecule is Cl.Cl.NCCS.NCCSSc1ccc([N+](=O)[O-])cn1.O=[N+]([O-])c1ccc(SSc2ccc([N+](=O)[O-])cn2)nc1. The number of pyridine rings is 3. The molecule has 3 aromatic heterocycles. The lowest BCUT2D eigenvalue weighted by Crippen LogP contribution is -1.99. The Balaban J connectivity index is 0. The number of hydrogen-bond donors (Lipinski definition) is 3. The zero-order valence-corrected chi connectivity index (χ0v) is 26.0. The average Bonchev–Trinajstić information content (AvgIpc) is 2.93. The molecule has 21 heteroatoms. The Labute approximate surface area is 262 Å². The van der Waals surface area contributed by atoms with Gasteiger partial charge in [0.1, 0.15) is 33.7 Å². The summed E-state index contributed by atoms with van der Waals surface area (Å²) < 4.78 is 0. The fourth-order valence-corrected chi connectivity index (χ4v) is 5.25. The molecule has 40 heavy (non-hydrogen) atoms. The number of halogens is 2. The molecule has 0 bridgehead atoms. The summed E-state index contributed by atoms with van der Waals surface area (Å²) >= 11 is 3.80. The number of thiol groups is 1. The Bertz CT molecular complexity index is 1100. The van der Waals surface area contributed by atoms with E-state index in [2.05, 4.69) is 27.6 Å². The largest absolute Gasteiger partial charge is 0.330 e. The summed E-state index contributed by atoms with van der Waals surface area (Å²) in [5.74, 6) is 1.63. The predicted octanol–water partition coefficient (Wildman–Crippen LogP) is 5.50. The Morgan fingerprint density at radius 2 is 0.975 bits per heavy atom. The van der Waals surface area contributed by atoms with Crippen LogP contribution in [0, 0.1) is 30.3 Å². The van der Waals surface area contributed by atoms with Gasteiger partial charge in [0, 0.05) is 42.8 Å². The van der Waals surface area contributed by atoms with Crippen molar-refractivity contribution in [2.24, 2.45) is 11.5 Å². The third-order valence-corrected chi connectivity index (χ3v) is 8.22. The first-order chi connectivity index (χ1) is 18.2. The van der Waals surface area contributed by atoms with Crippen molar-refractivity contribution in [3.63, 3.8) is 0 Å². The van der Waals surface area contributed by atoms with E-state index in [1.54, 1.807) is 16.9 Å². The predicted molar refractivity (Wildman–Crippen MR) is 169 cm³/mol. The fraction of sp³-hybridized carbons (Fsp3) is 0.211. The van der Waals surface area contributed by atoms with Crippen LogP contribution in [0.4, 0.5) is 17.1 Å². The number of nitro groups is 3. The summed E-state index contributed by atoms with van der Waals surface area (Å²) in [5.41, 5.74) is 10.1. The molecule has 0 aliphatic heterocycles. The number of aromatic nitrogens is 3. The lowest BCUT2D eigenvalue weighted by Gasteiger charge is -1.99. The van der Waals surface area contributed by atoms with E-state index in [1.165, 1.54) is 81.3 Å². The first-order valence-corrected chi connectivity index (χ1v) is 15.3. The van der Waals surface area contributed by atoms with Crippen molar-refractivity contribution >= 4 is 97.7 Å². The van der Waals surface area contributed by atoms with Gasteiger partial charge >= 0.3 is 0 Å². The van der Waals surface area contributed by atoms with E-state index in [9.17, 15) is 30.3 Å². The van der Waals surface area contributed by atoms with Crippen molar-refractivity contribution in [1.82, 2.24) is 15.0 Å². The van der Waals surface area contributed by atoms with Gasteiger partial charge in [0.05, 0.1) is 14.8 Å². The van der Waals surface area contributed by atoms with Crippen molar-refractivity contribution in [3.05, 3.63) is 85.3 Å². The van der Waals surface area contributed by atoms with Gasteiger partial charge in [-0.15, -0.1) is 24.8 Å². The number of hydrogen-bond acceptors (Lipinski definition) is 16. The first kappa shape index (κ1) is 40.0. The summed E-state index contributed by atoms with van der Waals surface area (Å²) in [5, 5.41) is 33.2. The van der Waals surface area contributed by atoms with Crippen LogP contribution in [-0.2, 0) is 0 Å². The van der Waals surface area contributed by atoms with Crippen LogP contribution in [0.25, 0.3) is 0 Å². The van der Waals surface area contributed by atoms with Crippen LogP contribution in [0.5, 0.6) is 0 Å². The third-order valence-electron chi connectivity index (χ3n) is 3.48. The van der Waals surface area contributed by atoms with Gasteiger partial charge in [0.15, 0.2) is 0 Å². The number of nitrogens with two attached hydrogens (primary N) is 2. The van der Waals surface area contributed by atoms with E-state index in [1.807, 2.05) is 0 Å². The monoisotopic (exact) mass is 690 g/mol. The topological polar surface area (TPSA) is 220 Å². The van der Waals surface area contributed by atoms with Crippen LogP contribution in [-0.4, -0.2) is 54.3 Å². The molecule has 0 atom stereocenters. The molecule has 0 unspecified atom stereocenters. The van der Waals surface area contributed by atoms with Gasteiger partial charge in [-0.25, -0.2) is 15.0 Å². The van der Waals surface area contributed by atoms with Gasteiger partial charge in [-0.3, -0.25) is 30.3 Å². The van der Waals surface area contributed by atoms with Gasteiger partial charge in [0.25, 0.3) is 17.1 Å². The fourth-order valence-electron chi connectivity index (χ4n) is 1.82. The van der Waals surface area contributed by atoms with E-state index in [0.29, 0.717) is 23.1 Å². The van der Waals surface area contributed by atoms with Crippen molar-refractivity contribution in [1.29, 1.82) is 0 Å². The quantitative estimate of drug-likeness (QED) is 0.0743. The lowest BCUT2D eigenvalue weighted by atomic mass is 10.4. The smallest absolute Gasteiger partial charge is 0.287 e. The summed E-state index contributed by atoms with van der Waals surface area (Å²) in [4.78, 5) is 41.5. The van der Waals surface area contributed by atoms with Gasteiger partial charge in [-0.2, -0.15) is 12.6 Å². The number of nitrogens with zero attached hydrogens (tertiary/aromatic N) is 6. The zero-order valence-electron chi connectivity index (χ0n) is 20.2. The molecule has 4 N–H and O–H groups in total. The minimum atomic E-state index is -0.521. The van der Waals surface area contributed by atoms with Gasteiger partial charge in [0.2, 0.25) is 0 Å². The second kappa shape index (κ2) is 23.6. The van der Waals surface area contributed by atoms with Crippen molar-refractivity contribution in [2.75, 3.05) is 24.6 Å². The Hall–Kier alpha value is -2.10. The molecule has 3 aromatic rings. The van der Waals surface area contributed by atoms with E-state index in [4.69, 9.17) is 11.5 Å². The highest BCUT2D eigenvalue weighted by Crippen LogP contribution is 2.35. The second-order valence-electron chi connectivity index (χ2n) is 6.21. The van der Waals surface area contributed by atoms with E-state index in [0.717, 1.165) is 16.5 Å². The van der Waals surface area contributed by atoms with E-state index in [-0.39, 0.29) is 41.9 Å². The Morgan fingerprint density at radius 3 is 1.20 bits per heavy atom. The normalized spacial score (nSPS) is 9.38. The Morgan fingerprint density at radius 1 is 0.650 bits per heavy atom. The Kier molecular flexibility index (Phi) is 23.6. The van der Waals surface area contributed by atoms with Crippen LogP contribution in [0.3, 0.4) is 0 Å². The maximum absolute atomic E-state index is 10.5. The molecule has 0 saturated heterocycles. The van der Waals surface area contributed by atoms with E-state index >= 15 is 0 Å². The summed E-state index contributed by atoms with van der Waals surface area (Å²) in [6.07, 6.45) is 3.60. The molecular formula is C19H24Cl2N8O6S5. The first-order valence-electron chi connectivity index (χ1n) is 10.2. The van der Waals surface area contributed by atoms with Crippen LogP contribution >= 0.6 is 80.6 Å². The van der Waals surface area contributed by atoms with Crippen LogP contribution in [0.2, 0.25) is 0 Å². The zero-order chi connectivity index (χ0) is 28.3. The summed E-state index contributed by atoms with van der Waals surface area (Å²) in [6, 6.07) is 8.85. The highest BCUT2D eigenvalue weighted by molar-refractivity contribution is 8.77. The lowest BCUT2D eigenvalue weighted by molar-refractivity contribution is -0.385.